The standard InChI is InChI=1S/C41H67N3O6/c1-4-29-48-37(46)25-17-15-13-11-9-7-6-8-10-12-14-16-20-30-49-39(47)38-35(24-21-22-32(3)45)42-40-43-41(28-19-18-23-34(5-2)50-41)31-33-26-27-36(38)44(33)40/h4,18,23,32-34,36,45H,1,5-17,19-22,24-31H2,2-3H3,(H,42,43)/t32-,33+,34+,36+,41+/m1/s1. The van der Waals surface area contributed by atoms with Crippen molar-refractivity contribution < 1.29 is 28.9 Å². The fraction of sp³-hybridized carbons (Fsp3) is 0.780. The zero-order valence-electron chi connectivity index (χ0n) is 31.3. The molecule has 282 valence electrons. The Hall–Kier alpha value is -2.65. The number of aliphatic imine (C=N–C) groups is 1. The van der Waals surface area contributed by atoms with Crippen LogP contribution in [0, 0.1) is 0 Å². The number of rotatable bonds is 24. The fourth-order valence-corrected chi connectivity index (χ4v) is 8.05. The number of hydrogen-bond acceptors (Lipinski definition) is 9. The van der Waals surface area contributed by atoms with Gasteiger partial charge in [0.05, 0.1) is 30.4 Å². The monoisotopic (exact) mass is 698 g/mol. The predicted octanol–water partition coefficient (Wildman–Crippen LogP) is 8.56. The first-order valence-electron chi connectivity index (χ1n) is 20.2. The first-order chi connectivity index (χ1) is 24.4. The first-order valence-corrected chi connectivity index (χ1v) is 20.2. The quantitative estimate of drug-likeness (QED) is 0.0587. The van der Waals surface area contributed by atoms with Gasteiger partial charge in [-0.05, 0) is 64.7 Å². The molecule has 9 heteroatoms. The molecule has 4 heterocycles. The number of allylic oxidation sites excluding steroid dienone is 2. The van der Waals surface area contributed by atoms with Gasteiger partial charge in [0.15, 0.2) is 5.72 Å². The lowest BCUT2D eigenvalue weighted by atomic mass is 9.94. The van der Waals surface area contributed by atoms with Crippen LogP contribution in [0.25, 0.3) is 0 Å². The van der Waals surface area contributed by atoms with Crippen LogP contribution in [0.15, 0.2) is 41.1 Å². The topological polar surface area (TPSA) is 110 Å². The molecule has 4 rings (SSSR count). The van der Waals surface area contributed by atoms with E-state index in [9.17, 15) is 14.7 Å². The molecule has 1 fully saturated rings. The summed E-state index contributed by atoms with van der Waals surface area (Å²) in [5.74, 6) is 0.539. The van der Waals surface area contributed by atoms with Crippen LogP contribution in [0.5, 0.6) is 0 Å². The Bertz CT molecular complexity index is 1160. The summed E-state index contributed by atoms with van der Waals surface area (Å²) in [7, 11) is 0. The van der Waals surface area contributed by atoms with E-state index in [0.29, 0.717) is 32.5 Å². The Morgan fingerprint density at radius 1 is 1.04 bits per heavy atom. The Balaban J connectivity index is 1.15. The molecule has 0 aliphatic carbocycles. The highest BCUT2D eigenvalue weighted by atomic mass is 16.5. The number of aliphatic hydroxyl groups is 1. The molecular formula is C41H67N3O6. The number of unbranched alkanes of at least 4 members (excludes halogenated alkanes) is 12. The number of nitrogens with zero attached hydrogens (tertiary/aromatic N) is 2. The zero-order chi connectivity index (χ0) is 35.6. The van der Waals surface area contributed by atoms with E-state index >= 15 is 0 Å². The lowest BCUT2D eigenvalue weighted by Gasteiger charge is -2.47. The van der Waals surface area contributed by atoms with Gasteiger partial charge in [-0.25, -0.2) is 9.79 Å². The van der Waals surface area contributed by atoms with Crippen LogP contribution in [-0.2, 0) is 23.8 Å². The van der Waals surface area contributed by atoms with Gasteiger partial charge in [-0.2, -0.15) is 0 Å². The molecule has 1 saturated heterocycles. The second kappa shape index (κ2) is 21.7. The van der Waals surface area contributed by atoms with Crippen molar-refractivity contribution in [1.29, 1.82) is 0 Å². The summed E-state index contributed by atoms with van der Waals surface area (Å²) in [4.78, 5) is 32.8. The maximum Gasteiger partial charge on any atom is 0.337 e. The first kappa shape index (κ1) is 40.1. The molecule has 0 aromatic heterocycles. The lowest BCUT2D eigenvalue weighted by Crippen LogP contribution is -2.59. The fourth-order valence-electron chi connectivity index (χ4n) is 8.05. The van der Waals surface area contributed by atoms with Gasteiger partial charge in [0, 0.05) is 31.0 Å². The van der Waals surface area contributed by atoms with Gasteiger partial charge in [-0.15, -0.1) is 0 Å². The Kier molecular flexibility index (Phi) is 17.4. The third-order valence-corrected chi connectivity index (χ3v) is 10.7. The van der Waals surface area contributed by atoms with Crippen LogP contribution in [0.4, 0.5) is 0 Å². The minimum atomic E-state index is -0.531. The molecule has 50 heavy (non-hydrogen) atoms. The van der Waals surface area contributed by atoms with Crippen LogP contribution in [-0.4, -0.2) is 71.1 Å². The molecule has 0 aromatic rings. The van der Waals surface area contributed by atoms with E-state index in [4.69, 9.17) is 19.2 Å². The number of carbonyl (C=O) groups excluding carboxylic acids is 2. The van der Waals surface area contributed by atoms with Crippen molar-refractivity contribution in [3.8, 4) is 0 Å². The number of carbonyl (C=O) groups is 2. The Morgan fingerprint density at radius 3 is 2.38 bits per heavy atom. The summed E-state index contributed by atoms with van der Waals surface area (Å²) in [6.07, 6.45) is 29.2. The molecule has 0 aromatic carbocycles. The van der Waals surface area contributed by atoms with Crippen LogP contribution in [0.3, 0.4) is 0 Å². The summed E-state index contributed by atoms with van der Waals surface area (Å²) < 4.78 is 17.6. The third-order valence-electron chi connectivity index (χ3n) is 10.7. The molecule has 0 amide bonds. The minimum absolute atomic E-state index is 0.0181. The number of esters is 2. The molecule has 0 saturated carbocycles. The van der Waals surface area contributed by atoms with Crippen molar-refractivity contribution >= 4 is 17.9 Å². The smallest absolute Gasteiger partial charge is 0.337 e. The summed E-state index contributed by atoms with van der Waals surface area (Å²) in [5.41, 5.74) is 1.15. The largest absolute Gasteiger partial charge is 0.462 e. The predicted molar refractivity (Wildman–Crippen MR) is 199 cm³/mol. The van der Waals surface area contributed by atoms with Crippen molar-refractivity contribution in [1.82, 2.24) is 10.2 Å². The highest BCUT2D eigenvalue weighted by Gasteiger charge is 2.52. The molecule has 0 radical (unpaired) electrons. The van der Waals surface area contributed by atoms with Crippen molar-refractivity contribution in [3.63, 3.8) is 0 Å². The van der Waals surface area contributed by atoms with Crippen LogP contribution < -0.4 is 5.32 Å². The van der Waals surface area contributed by atoms with Crippen molar-refractivity contribution in [3.05, 3.63) is 36.1 Å². The second-order valence-electron chi connectivity index (χ2n) is 15.0. The van der Waals surface area contributed by atoms with E-state index in [0.717, 1.165) is 87.9 Å². The van der Waals surface area contributed by atoms with Crippen molar-refractivity contribution in [2.75, 3.05) is 13.2 Å². The van der Waals surface area contributed by atoms with E-state index in [1.807, 2.05) is 6.92 Å². The summed E-state index contributed by atoms with van der Waals surface area (Å²) in [6.45, 7) is 8.31. The second-order valence-corrected chi connectivity index (χ2v) is 15.0. The van der Waals surface area contributed by atoms with Gasteiger partial charge in [-0.1, -0.05) is 102 Å². The summed E-state index contributed by atoms with van der Waals surface area (Å²) in [5, 5.41) is 13.5. The number of nitrogens with one attached hydrogen (secondary N) is 1. The molecule has 2 N–H and O–H groups in total. The highest BCUT2D eigenvalue weighted by molar-refractivity contribution is 5.96. The van der Waals surface area contributed by atoms with E-state index in [1.54, 1.807) is 6.08 Å². The molecule has 0 unspecified atom stereocenters. The van der Waals surface area contributed by atoms with Crippen LogP contribution in [0.2, 0.25) is 0 Å². The molecule has 4 aliphatic heterocycles. The van der Waals surface area contributed by atoms with Crippen molar-refractivity contribution in [2.24, 2.45) is 4.99 Å². The Morgan fingerprint density at radius 2 is 1.72 bits per heavy atom. The molecule has 4 aliphatic rings. The average molecular weight is 698 g/mol. The SMILES string of the molecule is C=CCOC(=O)CCCCCCCCCCCCCCCOC(=O)C1=C(CCC[C@@H](C)O)NC2=N[C@]3(CCC=C[C@H](CC)O3)C[C@@H]3CC[C@@H]1N23. The molecule has 1 spiro atoms. The normalized spacial score (nSPS) is 24.7. The molecule has 0 bridgehead atoms. The van der Waals surface area contributed by atoms with E-state index < -0.39 is 5.72 Å². The number of aliphatic hydroxyl groups excluding tert-OH is 1. The minimum Gasteiger partial charge on any atom is -0.462 e. The van der Waals surface area contributed by atoms with Crippen molar-refractivity contribution in [2.45, 2.75) is 192 Å². The van der Waals surface area contributed by atoms with Gasteiger partial charge in [-0.3, -0.25) is 4.79 Å². The molecule has 9 nitrogen and oxygen atoms in total. The number of ether oxygens (including phenoxy) is 3. The van der Waals surface area contributed by atoms with E-state index in [-0.39, 0.29) is 36.2 Å². The number of hydrogen-bond donors (Lipinski definition) is 2. The van der Waals surface area contributed by atoms with Gasteiger partial charge < -0.3 is 29.5 Å². The number of guanidine groups is 1. The van der Waals surface area contributed by atoms with Gasteiger partial charge in [0.25, 0.3) is 0 Å². The maximum atomic E-state index is 13.7. The van der Waals surface area contributed by atoms with Crippen LogP contribution >= 0.6 is 0 Å². The lowest BCUT2D eigenvalue weighted by molar-refractivity contribution is -0.142. The van der Waals surface area contributed by atoms with Gasteiger partial charge in [0.2, 0.25) is 5.96 Å². The van der Waals surface area contributed by atoms with E-state index in [1.165, 1.54) is 57.8 Å². The van der Waals surface area contributed by atoms with E-state index in [2.05, 4.69) is 35.9 Å². The molecular weight excluding hydrogens is 630 g/mol. The maximum absolute atomic E-state index is 13.7. The van der Waals surface area contributed by atoms with Crippen LogP contribution in [0.1, 0.15) is 162 Å². The molecule has 5 atom stereocenters. The Labute approximate surface area is 302 Å². The summed E-state index contributed by atoms with van der Waals surface area (Å²) >= 11 is 0. The van der Waals surface area contributed by atoms with Gasteiger partial charge >= 0.3 is 11.9 Å². The average Bonchev–Trinajstić information content (AvgIpc) is 3.41. The summed E-state index contributed by atoms with van der Waals surface area (Å²) in [6, 6.07) is 0.268. The zero-order valence-corrected chi connectivity index (χ0v) is 31.3. The highest BCUT2D eigenvalue weighted by Crippen LogP contribution is 2.44. The third kappa shape index (κ3) is 12.5. The van der Waals surface area contributed by atoms with Gasteiger partial charge in [0.1, 0.15) is 6.61 Å².